The molecule has 0 spiro atoms. The maximum atomic E-state index is 11.2. The minimum atomic E-state index is -3.20. The molecule has 1 heterocycles. The highest BCUT2D eigenvalue weighted by Gasteiger charge is 2.07. The van der Waals surface area contributed by atoms with E-state index in [-0.39, 0.29) is 12.3 Å². The Morgan fingerprint density at radius 1 is 1.44 bits per heavy atom. The fraction of sp³-hybridized carbons (Fsp3) is 0.300. The molecule has 0 amide bonds. The third-order valence-electron chi connectivity index (χ3n) is 2.48. The molecule has 0 unspecified atom stereocenters. The van der Waals surface area contributed by atoms with E-state index in [2.05, 4.69) is 20.0 Å². The first-order valence-corrected chi connectivity index (χ1v) is 7.06. The van der Waals surface area contributed by atoms with Crippen LogP contribution in [0.3, 0.4) is 0 Å². The molecule has 0 saturated heterocycles. The van der Waals surface area contributed by atoms with Gasteiger partial charge in [-0.15, -0.1) is 0 Å². The van der Waals surface area contributed by atoms with Crippen LogP contribution < -0.4 is 15.8 Å². The zero-order valence-electron chi connectivity index (χ0n) is 9.90. The van der Waals surface area contributed by atoms with Crippen LogP contribution in [-0.4, -0.2) is 37.7 Å². The summed E-state index contributed by atoms with van der Waals surface area (Å²) in [7, 11) is -1.81. The molecule has 98 valence electrons. The van der Waals surface area contributed by atoms with E-state index in [1.54, 1.807) is 18.2 Å². The summed E-state index contributed by atoms with van der Waals surface area (Å²) in [5.41, 5.74) is 7.90. The number of anilines is 2. The first kappa shape index (κ1) is 12.7. The topological polar surface area (TPSA) is 113 Å². The third kappa shape index (κ3) is 2.90. The van der Waals surface area contributed by atoms with Crippen LogP contribution in [0.15, 0.2) is 18.2 Å². The molecule has 1 aromatic carbocycles. The number of imidazole rings is 1. The highest BCUT2D eigenvalue weighted by molar-refractivity contribution is 7.89. The number of aromatic amines is 1. The van der Waals surface area contributed by atoms with Gasteiger partial charge >= 0.3 is 0 Å². The van der Waals surface area contributed by atoms with Crippen molar-refractivity contribution in [3.8, 4) is 0 Å². The van der Waals surface area contributed by atoms with Gasteiger partial charge in [-0.25, -0.2) is 18.1 Å². The molecule has 0 atom stereocenters. The second-order valence-corrected chi connectivity index (χ2v) is 5.86. The highest BCUT2D eigenvalue weighted by Crippen LogP contribution is 2.16. The van der Waals surface area contributed by atoms with Crippen LogP contribution >= 0.6 is 0 Å². The van der Waals surface area contributed by atoms with Gasteiger partial charge in [0.25, 0.3) is 0 Å². The van der Waals surface area contributed by atoms with Gasteiger partial charge in [-0.05, 0) is 25.2 Å². The van der Waals surface area contributed by atoms with Crippen molar-refractivity contribution in [2.45, 2.75) is 0 Å². The molecular formula is C10H15N5O2S. The van der Waals surface area contributed by atoms with Gasteiger partial charge in [0.2, 0.25) is 16.0 Å². The molecule has 2 rings (SSSR count). The lowest BCUT2D eigenvalue weighted by atomic mass is 10.3. The van der Waals surface area contributed by atoms with Gasteiger partial charge in [0, 0.05) is 12.2 Å². The van der Waals surface area contributed by atoms with Crippen molar-refractivity contribution in [2.24, 2.45) is 0 Å². The minimum Gasteiger partial charge on any atom is -0.399 e. The number of nitrogens with one attached hydrogen (secondary N) is 3. The second kappa shape index (κ2) is 4.83. The van der Waals surface area contributed by atoms with E-state index in [4.69, 9.17) is 5.73 Å². The summed E-state index contributed by atoms with van der Waals surface area (Å²) in [6.07, 6.45) is 0. The molecule has 0 fully saturated rings. The number of sulfonamides is 1. The minimum absolute atomic E-state index is 0.0112. The number of aromatic nitrogens is 2. The summed E-state index contributed by atoms with van der Waals surface area (Å²) in [6.45, 7) is 0.276. The van der Waals surface area contributed by atoms with Gasteiger partial charge in [0.1, 0.15) is 0 Å². The number of hydrogen-bond acceptors (Lipinski definition) is 5. The number of rotatable bonds is 5. The van der Waals surface area contributed by atoms with Crippen molar-refractivity contribution in [3.63, 3.8) is 0 Å². The van der Waals surface area contributed by atoms with Gasteiger partial charge in [0.15, 0.2) is 0 Å². The first-order chi connectivity index (χ1) is 8.50. The summed E-state index contributed by atoms with van der Waals surface area (Å²) in [4.78, 5) is 7.28. The zero-order valence-corrected chi connectivity index (χ0v) is 10.7. The van der Waals surface area contributed by atoms with E-state index in [1.807, 2.05) is 0 Å². The number of H-pyrrole nitrogens is 1. The summed E-state index contributed by atoms with van der Waals surface area (Å²) in [5, 5.41) is 2.92. The molecule has 0 radical (unpaired) electrons. The van der Waals surface area contributed by atoms with Gasteiger partial charge in [-0.2, -0.15) is 0 Å². The molecule has 0 saturated carbocycles. The lowest BCUT2D eigenvalue weighted by Gasteiger charge is -2.02. The predicted molar refractivity (Wildman–Crippen MR) is 71.8 cm³/mol. The van der Waals surface area contributed by atoms with Gasteiger partial charge in [0.05, 0.1) is 16.8 Å². The molecule has 1 aromatic heterocycles. The Bertz CT molecular complexity index is 649. The number of hydrogen-bond donors (Lipinski definition) is 4. The first-order valence-electron chi connectivity index (χ1n) is 5.40. The van der Waals surface area contributed by atoms with Crippen molar-refractivity contribution in [3.05, 3.63) is 18.2 Å². The number of nitrogens with zero attached hydrogens (tertiary/aromatic N) is 1. The van der Waals surface area contributed by atoms with Crippen molar-refractivity contribution >= 4 is 32.7 Å². The van der Waals surface area contributed by atoms with Gasteiger partial charge in [-0.1, -0.05) is 0 Å². The monoisotopic (exact) mass is 269 g/mol. The SMILES string of the molecule is CNS(=O)(=O)CCNc1nc2ccc(N)cc2[nH]1. The summed E-state index contributed by atoms with van der Waals surface area (Å²) >= 11 is 0. The molecule has 18 heavy (non-hydrogen) atoms. The zero-order chi connectivity index (χ0) is 13.2. The third-order valence-corrected chi connectivity index (χ3v) is 3.84. The quantitative estimate of drug-likeness (QED) is 0.575. The highest BCUT2D eigenvalue weighted by atomic mass is 32.2. The second-order valence-electron chi connectivity index (χ2n) is 3.81. The van der Waals surface area contributed by atoms with Crippen LogP contribution in [0.1, 0.15) is 0 Å². The average molecular weight is 269 g/mol. The molecular weight excluding hydrogens is 254 g/mol. The van der Waals surface area contributed by atoms with E-state index in [9.17, 15) is 8.42 Å². The number of nitrogens with two attached hydrogens (primary N) is 1. The molecule has 2 aromatic rings. The average Bonchev–Trinajstić information content (AvgIpc) is 2.70. The van der Waals surface area contributed by atoms with Crippen LogP contribution in [0, 0.1) is 0 Å². The Labute approximate surface area is 105 Å². The van der Waals surface area contributed by atoms with Gasteiger partial charge < -0.3 is 16.0 Å². The normalized spacial score (nSPS) is 11.8. The van der Waals surface area contributed by atoms with Crippen molar-refractivity contribution in [1.29, 1.82) is 0 Å². The Morgan fingerprint density at radius 2 is 2.22 bits per heavy atom. The fourth-order valence-electron chi connectivity index (χ4n) is 1.52. The fourth-order valence-corrected chi connectivity index (χ4v) is 2.09. The molecule has 7 nitrogen and oxygen atoms in total. The number of nitrogen functional groups attached to an aromatic ring is 1. The van der Waals surface area contributed by atoms with Crippen LogP contribution in [0.25, 0.3) is 11.0 Å². The lowest BCUT2D eigenvalue weighted by molar-refractivity contribution is 0.588. The van der Waals surface area contributed by atoms with Gasteiger partial charge in [-0.3, -0.25) is 0 Å². The molecule has 5 N–H and O–H groups in total. The molecule has 0 bridgehead atoms. The maximum Gasteiger partial charge on any atom is 0.213 e. The van der Waals surface area contributed by atoms with Crippen molar-refractivity contribution in [1.82, 2.24) is 14.7 Å². The van der Waals surface area contributed by atoms with Crippen molar-refractivity contribution in [2.75, 3.05) is 30.4 Å². The van der Waals surface area contributed by atoms with E-state index < -0.39 is 10.0 Å². The largest absolute Gasteiger partial charge is 0.399 e. The van der Waals surface area contributed by atoms with Crippen molar-refractivity contribution < 1.29 is 8.42 Å². The summed E-state index contributed by atoms with van der Waals surface area (Å²) in [5.74, 6) is 0.518. The van der Waals surface area contributed by atoms with Crippen LogP contribution in [0.2, 0.25) is 0 Å². The summed E-state index contributed by atoms with van der Waals surface area (Å²) < 4.78 is 24.7. The Morgan fingerprint density at radius 3 is 2.94 bits per heavy atom. The Balaban J connectivity index is 2.04. The molecule has 0 aliphatic rings. The van der Waals surface area contributed by atoms with Crippen LogP contribution in [0.4, 0.5) is 11.6 Å². The van der Waals surface area contributed by atoms with E-state index in [1.165, 1.54) is 7.05 Å². The van der Waals surface area contributed by atoms with Crippen LogP contribution in [0.5, 0.6) is 0 Å². The standard InChI is InChI=1S/C10H15N5O2S/c1-12-18(16,17)5-4-13-10-14-8-3-2-7(11)6-9(8)15-10/h2-3,6,12H,4-5,11H2,1H3,(H2,13,14,15). The summed E-state index contributed by atoms with van der Waals surface area (Å²) in [6, 6.07) is 5.34. The predicted octanol–water partition coefficient (Wildman–Crippen LogP) is 0.106. The van der Waals surface area contributed by atoms with E-state index in [0.717, 1.165) is 11.0 Å². The maximum absolute atomic E-state index is 11.2. The Kier molecular flexibility index (Phi) is 3.39. The molecule has 0 aliphatic heterocycles. The van der Waals surface area contributed by atoms with E-state index in [0.29, 0.717) is 11.6 Å². The Hall–Kier alpha value is -1.80. The molecule has 0 aliphatic carbocycles. The number of fused-ring (bicyclic) bond motifs is 1. The van der Waals surface area contributed by atoms with E-state index >= 15 is 0 Å². The van der Waals surface area contributed by atoms with Crippen LogP contribution in [-0.2, 0) is 10.0 Å². The number of benzene rings is 1. The smallest absolute Gasteiger partial charge is 0.213 e. The molecule has 8 heteroatoms. The lowest BCUT2D eigenvalue weighted by Crippen LogP contribution is -2.26.